The van der Waals surface area contributed by atoms with E-state index >= 15 is 0 Å². The first-order valence-electron chi connectivity index (χ1n) is 10.2. The molecule has 158 valence electrons. The van der Waals surface area contributed by atoms with Crippen LogP contribution in [0.2, 0.25) is 0 Å². The lowest BCUT2D eigenvalue weighted by atomic mass is 9.89. The lowest BCUT2D eigenvalue weighted by Crippen LogP contribution is -2.52. The van der Waals surface area contributed by atoms with Crippen LogP contribution in [-0.2, 0) is 11.3 Å². The van der Waals surface area contributed by atoms with E-state index in [0.29, 0.717) is 35.1 Å². The summed E-state index contributed by atoms with van der Waals surface area (Å²) >= 11 is 0. The lowest BCUT2D eigenvalue weighted by Gasteiger charge is -2.36. The fourth-order valence-corrected chi connectivity index (χ4v) is 4.12. The first kappa shape index (κ1) is 18.1. The number of aromatic nitrogens is 6. The van der Waals surface area contributed by atoms with Crippen LogP contribution in [0.15, 0.2) is 24.7 Å². The maximum atomic E-state index is 12.9. The predicted octanol–water partition coefficient (Wildman–Crippen LogP) is 2.19. The van der Waals surface area contributed by atoms with Crippen molar-refractivity contribution in [2.24, 2.45) is 0 Å². The van der Waals surface area contributed by atoms with Crippen LogP contribution < -0.4 is 16.0 Å². The molecule has 3 N–H and O–H groups in total. The number of aryl methyl sites for hydroxylation is 1. The molecule has 0 aromatic carbocycles. The summed E-state index contributed by atoms with van der Waals surface area (Å²) < 4.78 is 9.31. The van der Waals surface area contributed by atoms with Gasteiger partial charge in [0, 0.05) is 19.3 Å². The molecule has 0 unspecified atom stereocenters. The Balaban J connectivity index is 1.56. The highest BCUT2D eigenvalue weighted by Crippen LogP contribution is 2.30. The fourth-order valence-electron chi connectivity index (χ4n) is 4.12. The van der Waals surface area contributed by atoms with E-state index in [9.17, 15) is 4.79 Å². The van der Waals surface area contributed by atoms with Gasteiger partial charge in [0.25, 0.3) is 0 Å². The number of fused-ring (bicyclic) bond motifs is 6. The molecule has 31 heavy (non-hydrogen) atoms. The van der Waals surface area contributed by atoms with Crippen LogP contribution in [0.1, 0.15) is 24.2 Å². The number of rotatable bonds is 1. The molecule has 2 atom stereocenters. The zero-order chi connectivity index (χ0) is 21.1. The minimum absolute atomic E-state index is 0.0392. The summed E-state index contributed by atoms with van der Waals surface area (Å²) in [6.45, 7) is 2.26. The molecular formula is C20H21N9O2. The lowest BCUT2D eigenvalue weighted by molar-refractivity contribution is -0.0324. The molecule has 4 bridgehead atoms. The van der Waals surface area contributed by atoms with Gasteiger partial charge in [-0.05, 0) is 31.4 Å². The summed E-state index contributed by atoms with van der Waals surface area (Å²) in [4.78, 5) is 26.6. The zero-order valence-electron chi connectivity index (χ0n) is 17.1. The number of nitrogens with one attached hydrogen (secondary N) is 3. The van der Waals surface area contributed by atoms with E-state index in [1.165, 1.54) is 10.9 Å². The molecule has 1 amide bonds. The van der Waals surface area contributed by atoms with Gasteiger partial charge >= 0.3 is 6.03 Å². The summed E-state index contributed by atoms with van der Waals surface area (Å²) in [7, 11) is 1.81. The van der Waals surface area contributed by atoms with Crippen LogP contribution in [0.4, 0.5) is 22.0 Å². The molecule has 1 fully saturated rings. The van der Waals surface area contributed by atoms with Crippen molar-refractivity contribution in [3.8, 4) is 0 Å². The number of amides is 1. The van der Waals surface area contributed by atoms with Crippen molar-refractivity contribution in [3.05, 3.63) is 36.0 Å². The van der Waals surface area contributed by atoms with E-state index in [2.05, 4.69) is 31.0 Å². The Kier molecular flexibility index (Phi) is 3.87. The van der Waals surface area contributed by atoms with Crippen molar-refractivity contribution >= 4 is 40.0 Å². The largest absolute Gasteiger partial charge is 0.386 e. The molecule has 11 nitrogen and oxygen atoms in total. The molecule has 5 heterocycles. The Hall–Kier alpha value is -3.73. The van der Waals surface area contributed by atoms with Crippen molar-refractivity contribution in [3.63, 3.8) is 0 Å². The number of carbonyl (C=O) groups is 1. The van der Waals surface area contributed by atoms with Crippen molar-refractivity contribution in [2.45, 2.75) is 38.5 Å². The SMILES string of the molecule is CNc1cc2nc3c1ncn3C(=O)N[C@@H]1CC[C@H]1OCc1cc(c3nc(C)nn3c1)N2. The van der Waals surface area contributed by atoms with Crippen molar-refractivity contribution in [2.75, 3.05) is 17.7 Å². The van der Waals surface area contributed by atoms with Crippen LogP contribution in [0.3, 0.4) is 0 Å². The Labute approximate surface area is 176 Å². The molecule has 11 heteroatoms. The van der Waals surface area contributed by atoms with Gasteiger partial charge in [0.1, 0.15) is 23.5 Å². The molecule has 4 aromatic rings. The average Bonchev–Trinajstić information content (AvgIpc) is 3.33. The third-order valence-corrected chi connectivity index (χ3v) is 5.84. The van der Waals surface area contributed by atoms with Gasteiger partial charge in [-0.1, -0.05) is 0 Å². The molecular weight excluding hydrogens is 398 g/mol. The minimum Gasteiger partial charge on any atom is -0.386 e. The molecule has 0 saturated heterocycles. The summed E-state index contributed by atoms with van der Waals surface area (Å²) in [6.07, 6.45) is 5.15. The number of imidazole rings is 1. The van der Waals surface area contributed by atoms with Crippen molar-refractivity contribution in [1.29, 1.82) is 0 Å². The van der Waals surface area contributed by atoms with Gasteiger partial charge in [-0.15, -0.1) is 0 Å². The smallest absolute Gasteiger partial charge is 0.328 e. The highest BCUT2D eigenvalue weighted by molar-refractivity contribution is 5.94. The van der Waals surface area contributed by atoms with E-state index in [-0.39, 0.29) is 18.2 Å². The zero-order valence-corrected chi connectivity index (χ0v) is 17.1. The highest BCUT2D eigenvalue weighted by atomic mass is 16.5. The molecule has 1 aliphatic carbocycles. The van der Waals surface area contributed by atoms with E-state index in [4.69, 9.17) is 9.72 Å². The first-order valence-corrected chi connectivity index (χ1v) is 10.2. The second-order valence-corrected chi connectivity index (χ2v) is 7.89. The van der Waals surface area contributed by atoms with Gasteiger partial charge in [0.15, 0.2) is 11.3 Å². The maximum absolute atomic E-state index is 12.9. The van der Waals surface area contributed by atoms with E-state index in [0.717, 1.165) is 29.8 Å². The third-order valence-electron chi connectivity index (χ3n) is 5.84. The molecule has 2 aliphatic rings. The number of nitrogens with zero attached hydrogens (tertiary/aromatic N) is 6. The van der Waals surface area contributed by atoms with Crippen LogP contribution in [0.5, 0.6) is 0 Å². The van der Waals surface area contributed by atoms with Crippen LogP contribution in [0, 0.1) is 6.92 Å². The van der Waals surface area contributed by atoms with Crippen LogP contribution in [0.25, 0.3) is 16.8 Å². The molecule has 1 saturated carbocycles. The van der Waals surface area contributed by atoms with Gasteiger partial charge in [-0.2, -0.15) is 5.10 Å². The first-order chi connectivity index (χ1) is 15.1. The second-order valence-electron chi connectivity index (χ2n) is 7.89. The van der Waals surface area contributed by atoms with Crippen LogP contribution >= 0.6 is 0 Å². The van der Waals surface area contributed by atoms with Gasteiger partial charge < -0.3 is 20.7 Å². The monoisotopic (exact) mass is 419 g/mol. The number of carbonyl (C=O) groups excluding carboxylic acids is 1. The number of hydrogen-bond donors (Lipinski definition) is 3. The standard InChI is InChI=1S/C20H21N9O2/c1-10-23-18-14-5-11(7-29(18)27-10)8-31-15-4-3-12(15)25-20(30)28-9-22-17-13(21-2)6-16(24-14)26-19(17)28/h5-7,9,12,15H,3-4,8H2,1-2H3,(H,25,30)(H2,21,24,26)/t12-,15-/m1/s1. The van der Waals surface area contributed by atoms with Crippen molar-refractivity contribution in [1.82, 2.24) is 34.4 Å². The normalized spacial score (nSPS) is 20.6. The minimum atomic E-state index is -0.265. The number of pyridine rings is 2. The highest BCUT2D eigenvalue weighted by Gasteiger charge is 2.34. The average molecular weight is 419 g/mol. The third kappa shape index (κ3) is 2.88. The molecule has 4 aromatic heterocycles. The fraction of sp³-hybridized carbons (Fsp3) is 0.350. The molecule has 1 aliphatic heterocycles. The topological polar surface area (TPSA) is 123 Å². The summed E-state index contributed by atoms with van der Waals surface area (Å²) in [5.74, 6) is 1.23. The number of hydrogen-bond acceptors (Lipinski definition) is 8. The number of anilines is 3. The van der Waals surface area contributed by atoms with Crippen molar-refractivity contribution < 1.29 is 9.53 Å². The van der Waals surface area contributed by atoms with Gasteiger partial charge in [-0.25, -0.2) is 28.8 Å². The molecule has 6 rings (SSSR count). The summed E-state index contributed by atoms with van der Waals surface area (Å²) in [5, 5.41) is 14.0. The quantitative estimate of drug-likeness (QED) is 0.429. The second kappa shape index (κ2) is 6.64. The molecule has 0 radical (unpaired) electrons. The Bertz CT molecular complexity index is 1340. The predicted molar refractivity (Wildman–Crippen MR) is 114 cm³/mol. The van der Waals surface area contributed by atoms with Gasteiger partial charge in [0.05, 0.1) is 30.1 Å². The van der Waals surface area contributed by atoms with E-state index in [1.54, 1.807) is 4.52 Å². The Morgan fingerprint density at radius 2 is 2.13 bits per heavy atom. The molecule has 0 spiro atoms. The van der Waals surface area contributed by atoms with Gasteiger partial charge in [0.2, 0.25) is 0 Å². The number of ether oxygens (including phenoxy) is 1. The Morgan fingerprint density at radius 1 is 1.23 bits per heavy atom. The van der Waals surface area contributed by atoms with E-state index < -0.39 is 0 Å². The van der Waals surface area contributed by atoms with Crippen LogP contribution in [-0.4, -0.2) is 54.4 Å². The van der Waals surface area contributed by atoms with Gasteiger partial charge in [-0.3, -0.25) is 0 Å². The summed E-state index contributed by atoms with van der Waals surface area (Å²) in [6, 6.07) is 3.55. The Morgan fingerprint density at radius 3 is 2.94 bits per heavy atom. The maximum Gasteiger partial charge on any atom is 0.328 e. The summed E-state index contributed by atoms with van der Waals surface area (Å²) in [5.41, 5.74) is 4.25. The van der Waals surface area contributed by atoms with E-state index in [1.807, 2.05) is 32.3 Å².